The van der Waals surface area contributed by atoms with E-state index in [1.54, 1.807) is 24.4 Å². The molecule has 1 aliphatic carbocycles. The van der Waals surface area contributed by atoms with Crippen LogP contribution < -0.4 is 11.1 Å². The Labute approximate surface area is 125 Å². The van der Waals surface area contributed by atoms with E-state index in [9.17, 15) is 4.79 Å². The maximum Gasteiger partial charge on any atom is 0.270 e. The Morgan fingerprint density at radius 1 is 1.50 bits per heavy atom. The van der Waals surface area contributed by atoms with Crippen LogP contribution in [-0.2, 0) is 0 Å². The van der Waals surface area contributed by atoms with Crippen LogP contribution in [0, 0.1) is 5.92 Å². The zero-order valence-corrected chi connectivity index (χ0v) is 12.6. The molecule has 108 valence electrons. The number of rotatable bonds is 4. The van der Waals surface area contributed by atoms with Crippen molar-refractivity contribution in [3.8, 4) is 0 Å². The first kappa shape index (κ1) is 14.9. The largest absolute Gasteiger partial charge is 0.391 e. The van der Waals surface area contributed by atoms with Gasteiger partial charge in [-0.1, -0.05) is 31.6 Å². The minimum atomic E-state index is -0.546. The number of hydrogen-bond acceptors (Lipinski definition) is 3. The highest BCUT2D eigenvalue weighted by Gasteiger charge is 2.39. The summed E-state index contributed by atoms with van der Waals surface area (Å²) in [6, 6.07) is 5.27. The summed E-state index contributed by atoms with van der Waals surface area (Å²) in [7, 11) is 0. The highest BCUT2D eigenvalue weighted by atomic mass is 32.1. The van der Waals surface area contributed by atoms with Crippen LogP contribution in [0.3, 0.4) is 0 Å². The molecule has 1 aliphatic rings. The first-order valence-electron chi connectivity index (χ1n) is 7.11. The van der Waals surface area contributed by atoms with Crippen LogP contribution in [0.1, 0.15) is 49.5 Å². The molecule has 0 spiro atoms. The van der Waals surface area contributed by atoms with E-state index < -0.39 is 5.54 Å². The minimum absolute atomic E-state index is 0.201. The molecule has 1 aromatic heterocycles. The third-order valence-electron chi connectivity index (χ3n) is 4.26. The number of nitrogens with zero attached hydrogens (tertiary/aromatic N) is 1. The SMILES string of the molecule is CCC1CCC(NC(=O)c2ccccn2)(C(N)=S)CC1. The Morgan fingerprint density at radius 3 is 2.70 bits per heavy atom. The molecular formula is C15H21N3OS. The second kappa shape index (κ2) is 6.31. The van der Waals surface area contributed by atoms with Crippen molar-refractivity contribution in [2.45, 2.75) is 44.6 Å². The number of amides is 1. The Hall–Kier alpha value is -1.49. The van der Waals surface area contributed by atoms with Gasteiger partial charge in [0.05, 0.1) is 10.5 Å². The Morgan fingerprint density at radius 2 is 2.20 bits per heavy atom. The maximum atomic E-state index is 12.3. The zero-order valence-electron chi connectivity index (χ0n) is 11.8. The van der Waals surface area contributed by atoms with E-state index in [4.69, 9.17) is 18.0 Å². The molecule has 0 atom stereocenters. The molecule has 1 saturated carbocycles. The number of thiocarbonyl (C=S) groups is 1. The fourth-order valence-corrected chi connectivity index (χ4v) is 3.05. The highest BCUT2D eigenvalue weighted by molar-refractivity contribution is 7.80. The lowest BCUT2D eigenvalue weighted by atomic mass is 9.75. The van der Waals surface area contributed by atoms with Crippen LogP contribution >= 0.6 is 12.2 Å². The Balaban J connectivity index is 2.11. The molecule has 3 N–H and O–H groups in total. The molecule has 5 heteroatoms. The molecule has 1 fully saturated rings. The molecule has 1 aromatic rings. The average Bonchev–Trinajstić information content (AvgIpc) is 2.48. The van der Waals surface area contributed by atoms with Crippen LogP contribution in [0.25, 0.3) is 0 Å². The normalized spacial score (nSPS) is 25.9. The number of pyridine rings is 1. The molecule has 20 heavy (non-hydrogen) atoms. The second-order valence-corrected chi connectivity index (χ2v) is 5.91. The van der Waals surface area contributed by atoms with Crippen molar-refractivity contribution >= 4 is 23.1 Å². The number of carbonyl (C=O) groups excluding carboxylic acids is 1. The molecule has 1 heterocycles. The first-order chi connectivity index (χ1) is 9.57. The summed E-state index contributed by atoms with van der Waals surface area (Å²) >= 11 is 5.21. The van der Waals surface area contributed by atoms with Gasteiger partial charge in [-0.3, -0.25) is 9.78 Å². The van der Waals surface area contributed by atoms with Gasteiger partial charge in [-0.2, -0.15) is 0 Å². The van der Waals surface area contributed by atoms with Gasteiger partial charge >= 0.3 is 0 Å². The van der Waals surface area contributed by atoms with Crippen molar-refractivity contribution in [3.63, 3.8) is 0 Å². The standard InChI is InChI=1S/C15H21N3OS/c1-2-11-6-8-15(9-7-11,14(16)20)18-13(19)12-5-3-4-10-17-12/h3-5,10-11H,2,6-9H2,1H3,(H2,16,20)(H,18,19). The monoisotopic (exact) mass is 291 g/mol. The predicted molar refractivity (Wildman–Crippen MR) is 83.5 cm³/mol. The van der Waals surface area contributed by atoms with Crippen LogP contribution in [0.4, 0.5) is 0 Å². The Bertz CT molecular complexity index is 481. The summed E-state index contributed by atoms with van der Waals surface area (Å²) in [6.07, 6.45) is 6.52. The van der Waals surface area contributed by atoms with Crippen LogP contribution in [0.2, 0.25) is 0 Å². The second-order valence-electron chi connectivity index (χ2n) is 5.47. The molecule has 0 aromatic carbocycles. The number of aromatic nitrogens is 1. The maximum absolute atomic E-state index is 12.3. The summed E-state index contributed by atoms with van der Waals surface area (Å²) in [5.74, 6) is 0.512. The lowest BCUT2D eigenvalue weighted by molar-refractivity contribution is 0.0893. The van der Waals surface area contributed by atoms with Crippen molar-refractivity contribution in [1.29, 1.82) is 0 Å². The predicted octanol–water partition coefficient (Wildman–Crippen LogP) is 2.44. The molecule has 0 radical (unpaired) electrons. The smallest absolute Gasteiger partial charge is 0.270 e. The third-order valence-corrected chi connectivity index (χ3v) is 4.65. The van der Waals surface area contributed by atoms with Gasteiger partial charge in [0, 0.05) is 6.20 Å². The molecule has 2 rings (SSSR count). The van der Waals surface area contributed by atoms with E-state index >= 15 is 0 Å². The van der Waals surface area contributed by atoms with Crippen LogP contribution in [-0.4, -0.2) is 21.4 Å². The molecule has 0 bridgehead atoms. The van der Waals surface area contributed by atoms with Crippen molar-refractivity contribution < 1.29 is 4.79 Å². The van der Waals surface area contributed by atoms with E-state index in [2.05, 4.69) is 17.2 Å². The van der Waals surface area contributed by atoms with E-state index in [-0.39, 0.29) is 5.91 Å². The molecule has 0 aliphatic heterocycles. The molecule has 1 amide bonds. The molecular weight excluding hydrogens is 270 g/mol. The fraction of sp³-hybridized carbons (Fsp3) is 0.533. The van der Waals surface area contributed by atoms with E-state index in [0.717, 1.165) is 25.7 Å². The summed E-state index contributed by atoms with van der Waals surface area (Å²) in [5, 5.41) is 3.03. The van der Waals surface area contributed by atoms with Gasteiger partial charge < -0.3 is 11.1 Å². The zero-order chi connectivity index (χ0) is 14.6. The van der Waals surface area contributed by atoms with Gasteiger partial charge in [-0.05, 0) is 43.7 Å². The van der Waals surface area contributed by atoms with Gasteiger partial charge in [-0.25, -0.2) is 0 Å². The highest BCUT2D eigenvalue weighted by Crippen LogP contribution is 2.34. The molecule has 4 nitrogen and oxygen atoms in total. The number of carbonyl (C=O) groups is 1. The van der Waals surface area contributed by atoms with Gasteiger partial charge in [0.2, 0.25) is 0 Å². The van der Waals surface area contributed by atoms with E-state index in [1.807, 2.05) is 0 Å². The lowest BCUT2D eigenvalue weighted by Gasteiger charge is -2.39. The van der Waals surface area contributed by atoms with Gasteiger partial charge in [0.15, 0.2) is 0 Å². The number of nitrogens with two attached hydrogens (primary N) is 1. The summed E-state index contributed by atoms with van der Waals surface area (Å²) < 4.78 is 0. The molecule has 0 unspecified atom stereocenters. The number of nitrogens with one attached hydrogen (secondary N) is 1. The van der Waals surface area contributed by atoms with Crippen LogP contribution in [0.5, 0.6) is 0 Å². The van der Waals surface area contributed by atoms with Crippen molar-refractivity contribution in [2.24, 2.45) is 11.7 Å². The summed E-state index contributed by atoms with van der Waals surface area (Å²) in [5.41, 5.74) is 5.77. The van der Waals surface area contributed by atoms with Gasteiger partial charge in [0.25, 0.3) is 5.91 Å². The topological polar surface area (TPSA) is 68.0 Å². The quantitative estimate of drug-likeness (QED) is 0.836. The van der Waals surface area contributed by atoms with Crippen molar-refractivity contribution in [1.82, 2.24) is 10.3 Å². The van der Waals surface area contributed by atoms with Gasteiger partial charge in [0.1, 0.15) is 5.69 Å². The fourth-order valence-electron chi connectivity index (χ4n) is 2.79. The minimum Gasteiger partial charge on any atom is -0.391 e. The third kappa shape index (κ3) is 3.15. The van der Waals surface area contributed by atoms with Crippen LogP contribution in [0.15, 0.2) is 24.4 Å². The van der Waals surface area contributed by atoms with E-state index in [1.165, 1.54) is 6.42 Å². The van der Waals surface area contributed by atoms with E-state index in [0.29, 0.717) is 16.6 Å². The van der Waals surface area contributed by atoms with Gasteiger partial charge in [-0.15, -0.1) is 0 Å². The van der Waals surface area contributed by atoms with Crippen molar-refractivity contribution in [2.75, 3.05) is 0 Å². The average molecular weight is 291 g/mol. The van der Waals surface area contributed by atoms with Crippen molar-refractivity contribution in [3.05, 3.63) is 30.1 Å². The Kier molecular flexibility index (Phi) is 4.70. The first-order valence-corrected chi connectivity index (χ1v) is 7.51. The molecule has 0 saturated heterocycles. The summed E-state index contributed by atoms with van der Waals surface area (Å²) in [6.45, 7) is 2.20. The summed E-state index contributed by atoms with van der Waals surface area (Å²) in [4.78, 5) is 16.7. The lowest BCUT2D eigenvalue weighted by Crippen LogP contribution is -2.58. The number of hydrogen-bond donors (Lipinski definition) is 2.